The van der Waals surface area contributed by atoms with Gasteiger partial charge in [-0.05, 0) is 87.7 Å². The monoisotopic (exact) mass is 649 g/mol. The van der Waals surface area contributed by atoms with Crippen LogP contribution in [0.25, 0.3) is 6.08 Å². The number of carbonyl (C=O) groups is 3. The maximum atomic E-state index is 13.0. The molecule has 3 aromatic rings. The summed E-state index contributed by atoms with van der Waals surface area (Å²) in [6.07, 6.45) is -2.51. The van der Waals surface area contributed by atoms with Crippen LogP contribution in [0.1, 0.15) is 23.6 Å². The van der Waals surface area contributed by atoms with Crippen LogP contribution in [0.3, 0.4) is 0 Å². The Morgan fingerprint density at radius 1 is 1.10 bits per heavy atom. The molecule has 14 heteroatoms. The second kappa shape index (κ2) is 12.1. The van der Waals surface area contributed by atoms with Crippen molar-refractivity contribution in [3.63, 3.8) is 0 Å². The Morgan fingerprint density at radius 2 is 1.78 bits per heavy atom. The summed E-state index contributed by atoms with van der Waals surface area (Å²) in [6.45, 7) is 1.53. The van der Waals surface area contributed by atoms with Crippen LogP contribution in [-0.2, 0) is 22.2 Å². The summed E-state index contributed by atoms with van der Waals surface area (Å²) in [4.78, 5) is 49.0. The van der Waals surface area contributed by atoms with Crippen LogP contribution in [0.15, 0.2) is 70.0 Å². The lowest BCUT2D eigenvalue weighted by molar-refractivity contribution is -0.385. The highest BCUT2D eigenvalue weighted by Crippen LogP contribution is 2.40. The first-order valence-electron chi connectivity index (χ1n) is 11.8. The van der Waals surface area contributed by atoms with E-state index in [9.17, 15) is 37.7 Å². The van der Waals surface area contributed by atoms with E-state index < -0.39 is 51.7 Å². The molecule has 0 aliphatic carbocycles. The molecular weight excluding hydrogens is 631 g/mol. The lowest BCUT2D eigenvalue weighted by Gasteiger charge is -2.12. The lowest BCUT2D eigenvalue weighted by Crippen LogP contribution is -2.36. The zero-order chi connectivity index (χ0) is 29.9. The Kier molecular flexibility index (Phi) is 8.83. The van der Waals surface area contributed by atoms with Gasteiger partial charge in [0.15, 0.2) is 0 Å². The first-order chi connectivity index (χ1) is 19.3. The number of alkyl halides is 3. The van der Waals surface area contributed by atoms with E-state index in [-0.39, 0.29) is 15.1 Å². The number of nitrogens with one attached hydrogen (secondary N) is 1. The standard InChI is InChI=1S/C27H19BrF3N3O6S/c1-2-15-3-7-18(8-4-15)32-24(35)14-33-25(36)23(41-26(33)37)12-16-5-9-21(19(28)11-16)40-22-10-6-17(27(29,30)31)13-20(22)34(38)39/h3-13H,2,14H2,1H3,(H,32,35)/b23-12+. The van der Waals surface area contributed by atoms with Gasteiger partial charge in [-0.15, -0.1) is 0 Å². The molecule has 3 aromatic carbocycles. The normalized spacial score (nSPS) is 14.5. The van der Waals surface area contributed by atoms with E-state index in [2.05, 4.69) is 21.2 Å². The molecule has 0 atom stereocenters. The second-order valence-corrected chi connectivity index (χ2v) is 10.4. The van der Waals surface area contributed by atoms with Crippen molar-refractivity contribution in [3.8, 4) is 11.5 Å². The maximum Gasteiger partial charge on any atom is 0.416 e. The third kappa shape index (κ3) is 7.13. The molecule has 1 saturated heterocycles. The minimum absolute atomic E-state index is 0.0572. The first kappa shape index (κ1) is 29.8. The van der Waals surface area contributed by atoms with Gasteiger partial charge in [-0.3, -0.25) is 29.4 Å². The van der Waals surface area contributed by atoms with E-state index in [1.807, 2.05) is 19.1 Å². The van der Waals surface area contributed by atoms with E-state index in [1.165, 1.54) is 24.3 Å². The van der Waals surface area contributed by atoms with Gasteiger partial charge < -0.3 is 10.1 Å². The van der Waals surface area contributed by atoms with Crippen molar-refractivity contribution in [2.75, 3.05) is 11.9 Å². The van der Waals surface area contributed by atoms with Gasteiger partial charge >= 0.3 is 11.9 Å². The van der Waals surface area contributed by atoms with E-state index in [1.54, 1.807) is 12.1 Å². The molecule has 4 rings (SSSR count). The van der Waals surface area contributed by atoms with Crippen LogP contribution in [-0.4, -0.2) is 33.4 Å². The third-order valence-electron chi connectivity index (χ3n) is 5.78. The quantitative estimate of drug-likeness (QED) is 0.153. The number of imide groups is 1. The van der Waals surface area contributed by atoms with Gasteiger partial charge in [0.2, 0.25) is 11.7 Å². The van der Waals surface area contributed by atoms with Crippen molar-refractivity contribution in [2.45, 2.75) is 19.5 Å². The van der Waals surface area contributed by atoms with E-state index in [0.717, 1.165) is 23.0 Å². The zero-order valence-electron chi connectivity index (χ0n) is 21.0. The number of ether oxygens (including phenoxy) is 1. The summed E-state index contributed by atoms with van der Waals surface area (Å²) in [5.41, 5.74) is 0.00123. The summed E-state index contributed by atoms with van der Waals surface area (Å²) in [6, 6.07) is 13.4. The summed E-state index contributed by atoms with van der Waals surface area (Å²) in [5, 5.41) is 13.4. The smallest absolute Gasteiger partial charge is 0.416 e. The predicted octanol–water partition coefficient (Wildman–Crippen LogP) is 7.41. The highest BCUT2D eigenvalue weighted by atomic mass is 79.9. The number of nitro benzene ring substituents is 1. The van der Waals surface area contributed by atoms with Gasteiger partial charge in [-0.1, -0.05) is 25.1 Å². The highest BCUT2D eigenvalue weighted by molar-refractivity contribution is 9.10. The summed E-state index contributed by atoms with van der Waals surface area (Å²) < 4.78 is 44.7. The fourth-order valence-electron chi connectivity index (χ4n) is 3.69. The van der Waals surface area contributed by atoms with Gasteiger partial charge in [0.25, 0.3) is 11.1 Å². The number of thioether (sulfide) groups is 1. The molecular formula is C27H19BrF3N3O6S. The highest BCUT2D eigenvalue weighted by Gasteiger charge is 2.36. The molecule has 0 spiro atoms. The molecule has 1 N–H and O–H groups in total. The zero-order valence-corrected chi connectivity index (χ0v) is 23.4. The van der Waals surface area contributed by atoms with Gasteiger partial charge in [0, 0.05) is 11.8 Å². The number of aryl methyl sites for hydroxylation is 1. The fraction of sp³-hybridized carbons (Fsp3) is 0.148. The number of halogens is 4. The van der Waals surface area contributed by atoms with Crippen molar-refractivity contribution in [1.29, 1.82) is 0 Å². The Balaban J connectivity index is 1.46. The summed E-state index contributed by atoms with van der Waals surface area (Å²) in [5.74, 6) is -1.55. The molecule has 1 aliphatic rings. The number of nitro groups is 1. The minimum atomic E-state index is -4.77. The van der Waals surface area contributed by atoms with Gasteiger partial charge in [0.1, 0.15) is 12.3 Å². The molecule has 1 fully saturated rings. The van der Waals surface area contributed by atoms with Crippen molar-refractivity contribution in [1.82, 2.24) is 4.90 Å². The Hall–Kier alpha value is -4.17. The molecule has 1 aliphatic heterocycles. The van der Waals surface area contributed by atoms with E-state index in [4.69, 9.17) is 4.74 Å². The molecule has 0 radical (unpaired) electrons. The summed E-state index contributed by atoms with van der Waals surface area (Å²) >= 11 is 3.90. The first-order valence-corrected chi connectivity index (χ1v) is 13.4. The fourth-order valence-corrected chi connectivity index (χ4v) is 5.00. The Bertz CT molecular complexity index is 1580. The molecule has 41 heavy (non-hydrogen) atoms. The predicted molar refractivity (Wildman–Crippen MR) is 149 cm³/mol. The van der Waals surface area contributed by atoms with Crippen LogP contribution in [0.2, 0.25) is 0 Å². The van der Waals surface area contributed by atoms with Crippen LogP contribution in [0, 0.1) is 10.1 Å². The second-order valence-electron chi connectivity index (χ2n) is 8.60. The van der Waals surface area contributed by atoms with Crippen molar-refractivity contribution in [2.24, 2.45) is 0 Å². The van der Waals surface area contributed by atoms with Crippen LogP contribution in [0.4, 0.5) is 29.3 Å². The molecule has 0 saturated carbocycles. The largest absolute Gasteiger partial charge is 0.449 e. The van der Waals surface area contributed by atoms with Gasteiger partial charge in [-0.2, -0.15) is 13.2 Å². The number of benzene rings is 3. The van der Waals surface area contributed by atoms with Crippen molar-refractivity contribution in [3.05, 3.63) is 96.8 Å². The van der Waals surface area contributed by atoms with Crippen LogP contribution < -0.4 is 10.1 Å². The number of rotatable bonds is 8. The molecule has 3 amide bonds. The van der Waals surface area contributed by atoms with E-state index >= 15 is 0 Å². The number of nitrogens with zero attached hydrogens (tertiary/aromatic N) is 2. The number of anilines is 1. The molecule has 0 unspecified atom stereocenters. The van der Waals surface area contributed by atoms with Gasteiger partial charge in [-0.25, -0.2) is 0 Å². The number of amides is 3. The number of hydrogen-bond acceptors (Lipinski definition) is 7. The molecule has 212 valence electrons. The Labute approximate surface area is 243 Å². The van der Waals surface area contributed by atoms with E-state index in [0.29, 0.717) is 35.1 Å². The molecule has 0 aromatic heterocycles. The van der Waals surface area contributed by atoms with Crippen molar-refractivity contribution < 1.29 is 37.2 Å². The lowest BCUT2D eigenvalue weighted by atomic mass is 10.1. The SMILES string of the molecule is CCc1ccc(NC(=O)CN2C(=O)S/C(=C/c3ccc(Oc4ccc(C(F)(F)F)cc4[N+](=O)[O-])c(Br)c3)C2=O)cc1. The average molecular weight is 650 g/mol. The molecule has 9 nitrogen and oxygen atoms in total. The van der Waals surface area contributed by atoms with Gasteiger partial charge in [0.05, 0.1) is 19.9 Å². The average Bonchev–Trinajstić information content (AvgIpc) is 3.17. The number of carbonyl (C=O) groups excluding carboxylic acids is 3. The third-order valence-corrected chi connectivity index (χ3v) is 7.30. The van der Waals surface area contributed by atoms with Crippen LogP contribution in [0.5, 0.6) is 11.5 Å². The minimum Gasteiger partial charge on any atom is -0.449 e. The maximum absolute atomic E-state index is 13.0. The molecule has 1 heterocycles. The topological polar surface area (TPSA) is 119 Å². The number of hydrogen-bond donors (Lipinski definition) is 1. The Morgan fingerprint density at radius 3 is 2.39 bits per heavy atom. The van der Waals surface area contributed by atoms with Crippen molar-refractivity contribution >= 4 is 62.2 Å². The molecule has 0 bridgehead atoms. The summed E-state index contributed by atoms with van der Waals surface area (Å²) in [7, 11) is 0. The van der Waals surface area contributed by atoms with Crippen LogP contribution >= 0.6 is 27.7 Å².